The zero-order valence-electron chi connectivity index (χ0n) is 14.6. The number of aliphatic hydroxyl groups excluding tert-OH is 1. The summed E-state index contributed by atoms with van der Waals surface area (Å²) in [6, 6.07) is 10.9. The highest BCUT2D eigenvalue weighted by Crippen LogP contribution is 2.46. The van der Waals surface area contributed by atoms with Gasteiger partial charge in [-0.1, -0.05) is 30.3 Å². The Morgan fingerprint density at radius 3 is 2.28 bits per heavy atom. The van der Waals surface area contributed by atoms with Crippen LogP contribution in [0.3, 0.4) is 0 Å². The van der Waals surface area contributed by atoms with E-state index < -0.39 is 5.92 Å². The molecule has 3 heterocycles. The van der Waals surface area contributed by atoms with Crippen molar-refractivity contribution in [1.29, 1.82) is 0 Å². The van der Waals surface area contributed by atoms with Crippen LogP contribution < -0.4 is 12.4 Å². The van der Waals surface area contributed by atoms with Crippen LogP contribution in [0.2, 0.25) is 0 Å². The molecule has 3 atom stereocenters. The summed E-state index contributed by atoms with van der Waals surface area (Å²) in [5.41, 5.74) is 0.840. The molecule has 1 N–H and O–H groups in total. The lowest BCUT2D eigenvalue weighted by Gasteiger charge is -2.47. The molecule has 0 amide bonds. The molecule has 1 spiro atoms. The minimum Gasteiger partial charge on any atom is -1.00 e. The van der Waals surface area contributed by atoms with Crippen molar-refractivity contribution in [2.24, 2.45) is 0 Å². The average molecular weight is 366 g/mol. The number of esters is 1. The number of benzene rings is 1. The van der Waals surface area contributed by atoms with E-state index in [4.69, 9.17) is 4.74 Å². The van der Waals surface area contributed by atoms with Gasteiger partial charge in [-0.2, -0.15) is 0 Å². The number of carbonyl (C=O) groups is 1. The van der Waals surface area contributed by atoms with Crippen LogP contribution >= 0.6 is 0 Å². The fraction of sp³-hybridized carbons (Fsp3) is 0.650. The van der Waals surface area contributed by atoms with Gasteiger partial charge in [0.1, 0.15) is 12.0 Å². The Kier molecular flexibility index (Phi) is 5.71. The molecule has 1 aromatic carbocycles. The Bertz CT molecular complexity index is 572. The number of piperidine rings is 1. The molecule has 2 bridgehead atoms. The number of halogens is 1. The summed E-state index contributed by atoms with van der Waals surface area (Å²) in [5.74, 6) is -0.816. The summed E-state index contributed by atoms with van der Waals surface area (Å²) in [4.78, 5) is 12.6. The summed E-state index contributed by atoms with van der Waals surface area (Å²) in [7, 11) is 0. The van der Waals surface area contributed by atoms with Gasteiger partial charge in [0.2, 0.25) is 0 Å². The van der Waals surface area contributed by atoms with Gasteiger partial charge in [-0.15, -0.1) is 0 Å². The topological polar surface area (TPSA) is 46.5 Å². The van der Waals surface area contributed by atoms with Gasteiger partial charge in [0.05, 0.1) is 31.8 Å². The Balaban J connectivity index is 0.00000182. The molecule has 1 aromatic rings. The lowest BCUT2D eigenvalue weighted by Crippen LogP contribution is -3.00. The zero-order valence-corrected chi connectivity index (χ0v) is 15.4. The molecule has 0 saturated carbocycles. The number of hydrogen-bond acceptors (Lipinski definition) is 3. The van der Waals surface area contributed by atoms with E-state index >= 15 is 0 Å². The van der Waals surface area contributed by atoms with Crippen molar-refractivity contribution in [1.82, 2.24) is 0 Å². The Labute approximate surface area is 156 Å². The third kappa shape index (κ3) is 3.32. The number of nitrogens with zero attached hydrogens (tertiary/aromatic N) is 1. The summed E-state index contributed by atoms with van der Waals surface area (Å²) in [5, 5.41) is 9.66. The van der Waals surface area contributed by atoms with Crippen LogP contribution in [0.25, 0.3) is 0 Å². The maximum atomic E-state index is 12.6. The Morgan fingerprint density at radius 1 is 1.12 bits per heavy atom. The minimum absolute atomic E-state index is 0. The molecule has 4 nitrogen and oxygen atoms in total. The molecule has 3 aliphatic heterocycles. The van der Waals surface area contributed by atoms with Gasteiger partial charge in [0.25, 0.3) is 0 Å². The van der Waals surface area contributed by atoms with Gasteiger partial charge in [0.15, 0.2) is 0 Å². The quantitative estimate of drug-likeness (QED) is 0.584. The minimum atomic E-state index is -0.555. The number of ether oxygens (including phenoxy) is 1. The monoisotopic (exact) mass is 365 g/mol. The first kappa shape index (κ1) is 18.7. The number of aliphatic hydroxyl groups is 1. The maximum Gasteiger partial charge on any atom is 0.316 e. The highest BCUT2D eigenvalue weighted by atomic mass is 35.5. The van der Waals surface area contributed by atoms with Crippen molar-refractivity contribution in [2.45, 2.75) is 62.6 Å². The highest BCUT2D eigenvalue weighted by Gasteiger charge is 2.55. The summed E-state index contributed by atoms with van der Waals surface area (Å²) >= 11 is 0. The van der Waals surface area contributed by atoms with Crippen LogP contribution in [0.5, 0.6) is 0 Å². The van der Waals surface area contributed by atoms with Gasteiger partial charge in [-0.25, -0.2) is 0 Å². The predicted octanol–water partition coefficient (Wildman–Crippen LogP) is -0.386. The van der Waals surface area contributed by atoms with Crippen LogP contribution in [0.15, 0.2) is 30.3 Å². The molecule has 0 aliphatic carbocycles. The normalized spacial score (nSPS) is 30.7. The molecule has 3 fully saturated rings. The first-order chi connectivity index (χ1) is 11.7. The SMILES string of the molecule is O=C(OC1CC2CCC(C1)[N+]21CCCC1)C(CO)c1ccccc1.[Cl-]. The van der Waals surface area contributed by atoms with Crippen LogP contribution in [0, 0.1) is 0 Å². The summed E-state index contributed by atoms with van der Waals surface area (Å²) in [6.07, 6.45) is 7.36. The molecule has 3 unspecified atom stereocenters. The molecule has 0 radical (unpaired) electrons. The van der Waals surface area contributed by atoms with E-state index in [1.807, 2.05) is 30.3 Å². The average Bonchev–Trinajstić information content (AvgIpc) is 3.13. The molecule has 3 saturated heterocycles. The van der Waals surface area contributed by atoms with Crippen LogP contribution in [0.1, 0.15) is 50.0 Å². The molecule has 0 aromatic heterocycles. The molecule has 3 aliphatic rings. The fourth-order valence-corrected chi connectivity index (χ4v) is 5.55. The van der Waals surface area contributed by atoms with E-state index in [0.717, 1.165) is 18.4 Å². The summed E-state index contributed by atoms with van der Waals surface area (Å²) < 4.78 is 7.19. The molecular formula is C20H28ClNO3. The number of hydrogen-bond donors (Lipinski definition) is 1. The maximum absolute atomic E-state index is 12.6. The van der Waals surface area contributed by atoms with Crippen LogP contribution in [-0.4, -0.2) is 53.4 Å². The van der Waals surface area contributed by atoms with Crippen LogP contribution in [0.4, 0.5) is 0 Å². The predicted molar refractivity (Wildman–Crippen MR) is 91.4 cm³/mol. The highest BCUT2D eigenvalue weighted by molar-refractivity contribution is 5.78. The van der Waals surface area contributed by atoms with Crippen molar-refractivity contribution in [3.63, 3.8) is 0 Å². The molecular weight excluding hydrogens is 338 g/mol. The lowest BCUT2D eigenvalue weighted by atomic mass is 9.95. The van der Waals surface area contributed by atoms with E-state index in [0.29, 0.717) is 12.1 Å². The van der Waals surface area contributed by atoms with Gasteiger partial charge >= 0.3 is 5.97 Å². The van der Waals surface area contributed by atoms with Gasteiger partial charge in [-0.05, 0) is 5.56 Å². The largest absolute Gasteiger partial charge is 1.00 e. The molecule has 138 valence electrons. The lowest BCUT2D eigenvalue weighted by molar-refractivity contribution is -0.956. The number of quaternary nitrogens is 1. The molecule has 4 rings (SSSR count). The third-order valence-electron chi connectivity index (χ3n) is 6.71. The second-order valence-electron chi connectivity index (χ2n) is 7.82. The number of carbonyl (C=O) groups excluding carboxylic acids is 1. The summed E-state index contributed by atoms with van der Waals surface area (Å²) in [6.45, 7) is 2.47. The van der Waals surface area contributed by atoms with E-state index in [1.54, 1.807) is 0 Å². The van der Waals surface area contributed by atoms with E-state index in [2.05, 4.69) is 0 Å². The Hall–Kier alpha value is -1.10. The zero-order chi connectivity index (χ0) is 16.6. The molecule has 5 heteroatoms. The van der Waals surface area contributed by atoms with Crippen LogP contribution in [-0.2, 0) is 9.53 Å². The van der Waals surface area contributed by atoms with Gasteiger partial charge < -0.3 is 26.7 Å². The Morgan fingerprint density at radius 2 is 1.72 bits per heavy atom. The third-order valence-corrected chi connectivity index (χ3v) is 6.71. The number of rotatable bonds is 4. The first-order valence-corrected chi connectivity index (χ1v) is 9.45. The van der Waals surface area contributed by atoms with Crippen molar-refractivity contribution >= 4 is 5.97 Å². The first-order valence-electron chi connectivity index (χ1n) is 9.45. The fourth-order valence-electron chi connectivity index (χ4n) is 5.55. The van der Waals surface area contributed by atoms with Gasteiger partial charge in [-0.3, -0.25) is 4.79 Å². The smallest absolute Gasteiger partial charge is 0.316 e. The second-order valence-corrected chi connectivity index (χ2v) is 7.82. The second kappa shape index (κ2) is 7.65. The van der Waals surface area contributed by atoms with E-state index in [-0.39, 0.29) is 31.1 Å². The standard InChI is InChI=1S/C20H28NO3.ClH/c22-14-19(15-6-2-1-3-7-15)20(23)24-18-12-16-8-9-17(13-18)21(16)10-4-5-11-21;/h1-3,6-7,16-19,22H,4-5,8-14H2;1H/q+1;/p-1. The van der Waals surface area contributed by atoms with Crippen molar-refractivity contribution in [2.75, 3.05) is 19.7 Å². The van der Waals surface area contributed by atoms with E-state index in [9.17, 15) is 9.90 Å². The van der Waals surface area contributed by atoms with Crippen molar-refractivity contribution in [3.8, 4) is 0 Å². The molecule has 25 heavy (non-hydrogen) atoms. The van der Waals surface area contributed by atoms with Gasteiger partial charge in [0, 0.05) is 38.5 Å². The van der Waals surface area contributed by atoms with E-state index in [1.165, 1.54) is 43.3 Å². The van der Waals surface area contributed by atoms with Crippen molar-refractivity contribution in [3.05, 3.63) is 35.9 Å². The van der Waals surface area contributed by atoms with Crippen molar-refractivity contribution < 1.29 is 31.5 Å².